The molecule has 0 amide bonds. The number of aliphatic hydroxyl groups is 1. The summed E-state index contributed by atoms with van der Waals surface area (Å²) in [4.78, 5) is 72.7. The summed E-state index contributed by atoms with van der Waals surface area (Å²) in [5.74, 6) is 0.908. The maximum Gasteiger partial charge on any atom is 0.472 e. The van der Waals surface area contributed by atoms with E-state index in [0.717, 1.165) is 114 Å². The average molecular weight is 1370 g/mol. The number of carbonyl (C=O) groups excluding carboxylic acids is 4. The van der Waals surface area contributed by atoms with Crippen molar-refractivity contribution in [2.45, 2.75) is 388 Å². The van der Waals surface area contributed by atoms with Gasteiger partial charge in [0.2, 0.25) is 0 Å². The van der Waals surface area contributed by atoms with Crippen LogP contribution in [0.1, 0.15) is 370 Å². The van der Waals surface area contributed by atoms with Crippen molar-refractivity contribution in [2.24, 2.45) is 23.7 Å². The molecule has 19 heteroatoms. The van der Waals surface area contributed by atoms with Gasteiger partial charge in [0.05, 0.1) is 26.4 Å². The van der Waals surface area contributed by atoms with Crippen molar-refractivity contribution in [3.05, 3.63) is 0 Å². The number of aliphatic hydroxyl groups excluding tert-OH is 1. The van der Waals surface area contributed by atoms with E-state index in [9.17, 15) is 43.2 Å². The van der Waals surface area contributed by atoms with Crippen LogP contribution in [0.5, 0.6) is 0 Å². The number of phosphoric ester groups is 2. The summed E-state index contributed by atoms with van der Waals surface area (Å²) in [5.41, 5.74) is 0. The van der Waals surface area contributed by atoms with E-state index in [1.165, 1.54) is 167 Å². The minimum Gasteiger partial charge on any atom is -0.462 e. The lowest BCUT2D eigenvalue weighted by Crippen LogP contribution is -2.30. The Morgan fingerprint density at radius 1 is 0.301 bits per heavy atom. The molecule has 3 N–H and O–H groups in total. The van der Waals surface area contributed by atoms with Gasteiger partial charge in [-0.1, -0.05) is 319 Å². The van der Waals surface area contributed by atoms with E-state index >= 15 is 0 Å². The van der Waals surface area contributed by atoms with Crippen molar-refractivity contribution in [3.8, 4) is 0 Å². The van der Waals surface area contributed by atoms with Crippen molar-refractivity contribution < 1.29 is 80.2 Å². The fourth-order valence-corrected chi connectivity index (χ4v) is 12.7. The predicted molar refractivity (Wildman–Crippen MR) is 377 cm³/mol. The molecule has 0 aliphatic heterocycles. The minimum absolute atomic E-state index is 0.104. The SMILES string of the molecule is CCC(C)CCCCCCCCCCCCCCCCC(=O)OC[C@H](COP(=O)(O)OC[C@@H](O)COP(=O)(O)OC[C@@H](COC(=O)CCCCCCCCC(C)C)OC(=O)CCCCCCCCCCCCC(C)C)OC(=O)CCCCCCCCCCCCC(C)C. The number of carbonyl (C=O) groups is 4. The van der Waals surface area contributed by atoms with Gasteiger partial charge in [-0.25, -0.2) is 9.13 Å². The second-order valence-electron chi connectivity index (χ2n) is 28.4. The largest absolute Gasteiger partial charge is 0.472 e. The first-order chi connectivity index (χ1) is 44.6. The number of unbranched alkanes of at least 4 members (excludes halogenated alkanes) is 36. The summed E-state index contributed by atoms with van der Waals surface area (Å²) in [6, 6.07) is 0. The summed E-state index contributed by atoms with van der Waals surface area (Å²) in [6.07, 6.45) is 47.3. The van der Waals surface area contributed by atoms with Gasteiger partial charge in [-0.3, -0.25) is 37.3 Å². The van der Waals surface area contributed by atoms with Crippen LogP contribution in [0.2, 0.25) is 0 Å². The van der Waals surface area contributed by atoms with Crippen LogP contribution in [-0.2, 0) is 65.4 Å². The molecule has 0 aromatic rings. The first-order valence-electron chi connectivity index (χ1n) is 38.2. The van der Waals surface area contributed by atoms with E-state index in [-0.39, 0.29) is 25.7 Å². The zero-order valence-corrected chi connectivity index (χ0v) is 62.7. The van der Waals surface area contributed by atoms with Crippen LogP contribution in [0.3, 0.4) is 0 Å². The molecule has 3 unspecified atom stereocenters. The van der Waals surface area contributed by atoms with Crippen LogP contribution in [0.15, 0.2) is 0 Å². The minimum atomic E-state index is -4.96. The fraction of sp³-hybridized carbons (Fsp3) is 0.946. The predicted octanol–water partition coefficient (Wildman–Crippen LogP) is 21.3. The Bertz CT molecular complexity index is 1840. The van der Waals surface area contributed by atoms with E-state index in [2.05, 4.69) is 55.4 Å². The molecule has 93 heavy (non-hydrogen) atoms. The van der Waals surface area contributed by atoms with Crippen molar-refractivity contribution in [2.75, 3.05) is 39.6 Å². The Hall–Kier alpha value is -1.94. The Balaban J connectivity index is 5.22. The molecular formula is C74H144O17P2. The molecule has 0 aliphatic carbocycles. The lowest BCUT2D eigenvalue weighted by atomic mass is 9.99. The molecule has 552 valence electrons. The molecule has 0 rings (SSSR count). The van der Waals surface area contributed by atoms with Crippen LogP contribution < -0.4 is 0 Å². The van der Waals surface area contributed by atoms with Crippen LogP contribution >= 0.6 is 15.6 Å². The molecule has 0 heterocycles. The quantitative estimate of drug-likeness (QED) is 0.0222. The lowest BCUT2D eigenvalue weighted by Gasteiger charge is -2.21. The number of phosphoric acid groups is 2. The molecule has 0 aromatic heterocycles. The van der Waals surface area contributed by atoms with Gasteiger partial charge in [-0.05, 0) is 49.4 Å². The molecule has 17 nitrogen and oxygen atoms in total. The van der Waals surface area contributed by atoms with Crippen molar-refractivity contribution in [3.63, 3.8) is 0 Å². The Labute approximate surface area is 568 Å². The zero-order valence-electron chi connectivity index (χ0n) is 60.9. The normalized spacial score (nSPS) is 14.5. The highest BCUT2D eigenvalue weighted by Crippen LogP contribution is 2.45. The molecule has 0 saturated carbocycles. The maximum atomic E-state index is 13.1. The number of ether oxygens (including phenoxy) is 4. The third-order valence-electron chi connectivity index (χ3n) is 17.4. The van der Waals surface area contributed by atoms with Gasteiger partial charge in [0.15, 0.2) is 12.2 Å². The van der Waals surface area contributed by atoms with Crippen LogP contribution in [0.25, 0.3) is 0 Å². The average Bonchev–Trinajstić information content (AvgIpc) is 3.73. The monoisotopic (exact) mass is 1370 g/mol. The summed E-state index contributed by atoms with van der Waals surface area (Å²) in [5, 5.41) is 10.6. The first kappa shape index (κ1) is 91.1. The summed E-state index contributed by atoms with van der Waals surface area (Å²) >= 11 is 0. The maximum absolute atomic E-state index is 13.1. The van der Waals surface area contributed by atoms with E-state index in [4.69, 9.17) is 37.0 Å². The smallest absolute Gasteiger partial charge is 0.462 e. The summed E-state index contributed by atoms with van der Waals surface area (Å²) in [7, 11) is -9.91. The van der Waals surface area contributed by atoms with Crippen LogP contribution in [0.4, 0.5) is 0 Å². The summed E-state index contributed by atoms with van der Waals surface area (Å²) < 4.78 is 68.4. The van der Waals surface area contributed by atoms with Gasteiger partial charge in [-0.2, -0.15) is 0 Å². The molecule has 0 bridgehead atoms. The molecule has 0 radical (unpaired) electrons. The topological polar surface area (TPSA) is 237 Å². The highest BCUT2D eigenvalue weighted by Gasteiger charge is 2.30. The Morgan fingerprint density at radius 3 is 0.763 bits per heavy atom. The van der Waals surface area contributed by atoms with Crippen LogP contribution in [-0.4, -0.2) is 96.7 Å². The van der Waals surface area contributed by atoms with Gasteiger partial charge < -0.3 is 33.8 Å². The molecule has 0 aromatic carbocycles. The fourth-order valence-electron chi connectivity index (χ4n) is 11.2. The lowest BCUT2D eigenvalue weighted by molar-refractivity contribution is -0.161. The van der Waals surface area contributed by atoms with Crippen molar-refractivity contribution in [1.82, 2.24) is 0 Å². The van der Waals surface area contributed by atoms with E-state index in [1.54, 1.807) is 0 Å². The van der Waals surface area contributed by atoms with E-state index < -0.39 is 97.5 Å². The molecule has 0 spiro atoms. The standard InChI is InChI=1S/C74H144O17P2/c1-9-67(8)53-45-37-28-22-14-12-10-11-13-15-23-29-38-46-54-71(76)84-60-69(90-73(78)56-48-40-30-24-18-16-20-26-34-42-50-64(2)3)62-88-92(80,81)86-58-68(75)59-87-93(82,83)89-63-70(61-85-72(77)55-47-39-33-32-36-44-52-66(6)7)91-74(79)57-49-41-31-25-19-17-21-27-35-43-51-65(4)5/h64-70,75H,9-63H2,1-8H3,(H,80,81)(H,82,83)/t67?,68-,69-,70-/m1/s1. The van der Waals surface area contributed by atoms with Gasteiger partial charge >= 0.3 is 39.5 Å². The number of rotatable bonds is 71. The molecule has 0 fully saturated rings. The van der Waals surface area contributed by atoms with Crippen LogP contribution in [0, 0.1) is 23.7 Å². The Kier molecular flexibility index (Phi) is 62.2. The second kappa shape index (κ2) is 63.5. The van der Waals surface area contributed by atoms with Gasteiger partial charge in [0.25, 0.3) is 0 Å². The summed E-state index contributed by atoms with van der Waals surface area (Å²) in [6.45, 7) is 14.1. The molecule has 0 saturated heterocycles. The highest BCUT2D eigenvalue weighted by molar-refractivity contribution is 7.47. The molecule has 0 aliphatic rings. The third-order valence-corrected chi connectivity index (χ3v) is 19.3. The number of hydrogen-bond donors (Lipinski definition) is 3. The van der Waals surface area contributed by atoms with Gasteiger partial charge in [0.1, 0.15) is 19.3 Å². The van der Waals surface area contributed by atoms with Gasteiger partial charge in [-0.15, -0.1) is 0 Å². The Morgan fingerprint density at radius 2 is 0.516 bits per heavy atom. The third kappa shape index (κ3) is 67.0. The molecular weight excluding hydrogens is 1220 g/mol. The van der Waals surface area contributed by atoms with Crippen molar-refractivity contribution in [1.29, 1.82) is 0 Å². The van der Waals surface area contributed by atoms with Crippen molar-refractivity contribution >= 4 is 39.5 Å². The highest BCUT2D eigenvalue weighted by atomic mass is 31.2. The van der Waals surface area contributed by atoms with Gasteiger partial charge in [0, 0.05) is 25.7 Å². The first-order valence-corrected chi connectivity index (χ1v) is 41.2. The number of esters is 4. The number of hydrogen-bond acceptors (Lipinski definition) is 15. The second-order valence-corrected chi connectivity index (χ2v) is 31.3. The van der Waals surface area contributed by atoms with E-state index in [0.29, 0.717) is 31.6 Å². The molecule has 6 atom stereocenters. The zero-order chi connectivity index (χ0) is 68.9. The van der Waals surface area contributed by atoms with E-state index in [1.807, 2.05) is 0 Å².